The molecule has 652 valence electrons. The average molecular weight is 1760 g/mol. The van der Waals surface area contributed by atoms with Gasteiger partial charge in [0.15, 0.2) is 5.58 Å². The normalized spacial score (nSPS) is 13.2. The number of hydrogen-bond acceptors (Lipinski definition) is 6. The maximum absolute atomic E-state index is 6.82. The first-order valence-electron chi connectivity index (χ1n) is 47.5. The van der Waals surface area contributed by atoms with Crippen LogP contribution in [0.25, 0.3) is 165 Å². The number of para-hydroxylation sites is 5. The van der Waals surface area contributed by atoms with E-state index in [4.69, 9.17) is 13.3 Å². The molecule has 0 saturated carbocycles. The molecule has 6 nitrogen and oxygen atoms in total. The Kier molecular flexibility index (Phi) is 19.5. The van der Waals surface area contributed by atoms with Crippen molar-refractivity contribution in [1.29, 1.82) is 0 Å². The summed E-state index contributed by atoms with van der Waals surface area (Å²) in [6.07, 6.45) is 0. The number of hydrogen-bond donors (Lipinski definition) is 0. The molecule has 0 fully saturated rings. The van der Waals surface area contributed by atoms with Gasteiger partial charge in [-0.05, 0) is 278 Å². The number of anilines is 9. The molecule has 0 radical (unpaired) electrons. The highest BCUT2D eigenvalue weighted by Crippen LogP contribution is 2.59. The van der Waals surface area contributed by atoms with Crippen LogP contribution in [0.4, 0.5) is 51.2 Å². The molecule has 0 amide bonds. The molecule has 0 atom stereocenters. The molecule has 0 aliphatic heterocycles. The van der Waals surface area contributed by atoms with E-state index in [0.717, 1.165) is 90.1 Å². The number of furan rings is 3. The van der Waals surface area contributed by atoms with Gasteiger partial charge in [-0.2, -0.15) is 0 Å². The molecule has 21 aromatic carbocycles. The summed E-state index contributed by atoms with van der Waals surface area (Å²) in [7, 11) is 0. The summed E-state index contributed by atoms with van der Waals surface area (Å²) in [5.74, 6) is 0. The van der Waals surface area contributed by atoms with Crippen LogP contribution in [-0.4, -0.2) is 0 Å². The highest BCUT2D eigenvalue weighted by molar-refractivity contribution is 6.16. The van der Waals surface area contributed by atoms with Crippen LogP contribution in [0.2, 0.25) is 0 Å². The van der Waals surface area contributed by atoms with Crippen LogP contribution in [0.5, 0.6) is 0 Å². The molecule has 3 aliphatic carbocycles. The molecule has 0 saturated heterocycles. The highest BCUT2D eigenvalue weighted by Gasteiger charge is 2.42. The highest BCUT2D eigenvalue weighted by atomic mass is 16.3. The van der Waals surface area contributed by atoms with E-state index in [1.165, 1.54) is 160 Å². The lowest BCUT2D eigenvalue weighted by Gasteiger charge is -2.27. The number of fused-ring (bicyclic) bond motifs is 23. The molecular weight excluding hydrogens is 1660 g/mol. The summed E-state index contributed by atoms with van der Waals surface area (Å²) in [5, 5.41) is 12.2. The van der Waals surface area contributed by atoms with Gasteiger partial charge in [-0.25, -0.2) is 0 Å². The van der Waals surface area contributed by atoms with Crippen molar-refractivity contribution in [3.63, 3.8) is 0 Å². The topological polar surface area (TPSA) is 49.1 Å². The maximum Gasteiger partial charge on any atom is 0.159 e. The van der Waals surface area contributed by atoms with Gasteiger partial charge in [-0.3, -0.25) is 0 Å². The molecule has 0 unspecified atom stereocenters. The molecule has 6 heteroatoms. The van der Waals surface area contributed by atoms with Crippen LogP contribution in [0.3, 0.4) is 0 Å². The second-order valence-electron chi connectivity index (χ2n) is 38.1. The standard InChI is InChI=1S/C45H33NO.2C43H31NO/c1-45(2)40-27-25-36(29-39(40)37-26-28-42-43(44(37)45)38-15-9-10-16-41(38)47-42)46(34-21-17-32(18-22-34)30-11-5-3-6-12-30)35-23-19-33(20-24-35)31-13-7-4-8-14-31;1-43(2)37-17-9-8-15-34(37)35-25-26-39-40(41(35)43)36-16-10-18-38(42(36)45-39)44(32-13-4-3-5-14-32)33-23-21-29(22-24-33)31-20-19-28-11-6-7-12-30(28)27-31;1-43(2)38-24-22-34(27-37(38)35-23-25-40-41(42(35)43)36-14-8-9-15-39(36)45-40)44(32-12-4-3-5-13-32)33-20-18-29(19-21-33)31-17-16-28-10-6-7-11-30(28)26-31/h3-29H,1-2H3;2*3-27H,1-2H3. The van der Waals surface area contributed by atoms with Gasteiger partial charge in [0.05, 0.1) is 5.69 Å². The van der Waals surface area contributed by atoms with Crippen LogP contribution in [0.15, 0.2) is 480 Å². The Morgan fingerprint density at radius 2 is 0.482 bits per heavy atom. The monoisotopic (exact) mass is 1760 g/mol. The second kappa shape index (κ2) is 32.7. The summed E-state index contributed by atoms with van der Waals surface area (Å²) in [5.41, 5.74) is 40.6. The first kappa shape index (κ1) is 81.9. The van der Waals surface area contributed by atoms with Gasteiger partial charge in [-0.15, -0.1) is 0 Å². The minimum absolute atomic E-state index is 0.129. The Balaban J connectivity index is 0.000000109. The number of nitrogens with zero attached hydrogens (tertiary/aromatic N) is 3. The molecule has 0 N–H and O–H groups in total. The van der Waals surface area contributed by atoms with Gasteiger partial charge >= 0.3 is 0 Å². The third-order valence-electron chi connectivity index (χ3n) is 29.1. The van der Waals surface area contributed by atoms with Crippen molar-refractivity contribution in [3.05, 3.63) is 500 Å². The molecule has 3 aliphatic rings. The zero-order valence-corrected chi connectivity index (χ0v) is 77.0. The molecule has 27 rings (SSSR count). The van der Waals surface area contributed by atoms with Gasteiger partial charge < -0.3 is 28.0 Å². The van der Waals surface area contributed by atoms with Gasteiger partial charge in [0.1, 0.15) is 27.9 Å². The lowest BCUT2D eigenvalue weighted by molar-refractivity contribution is 0.657. The van der Waals surface area contributed by atoms with E-state index in [9.17, 15) is 0 Å². The van der Waals surface area contributed by atoms with Crippen LogP contribution in [0, 0.1) is 0 Å². The maximum atomic E-state index is 6.82. The summed E-state index contributed by atoms with van der Waals surface area (Å²) >= 11 is 0. The third-order valence-corrected chi connectivity index (χ3v) is 29.1. The lowest BCUT2D eigenvalue weighted by atomic mass is 9.80. The summed E-state index contributed by atoms with van der Waals surface area (Å²) in [6, 6.07) is 168. The number of benzene rings is 21. The minimum Gasteiger partial charge on any atom is -0.456 e. The van der Waals surface area contributed by atoms with Crippen molar-refractivity contribution in [2.24, 2.45) is 0 Å². The summed E-state index contributed by atoms with van der Waals surface area (Å²) in [4.78, 5) is 7.05. The van der Waals surface area contributed by atoms with Crippen molar-refractivity contribution in [1.82, 2.24) is 0 Å². The molecule has 3 heterocycles. The van der Waals surface area contributed by atoms with Crippen LogP contribution < -0.4 is 14.7 Å². The Hall–Kier alpha value is -17.1. The van der Waals surface area contributed by atoms with Gasteiger partial charge in [0.25, 0.3) is 0 Å². The van der Waals surface area contributed by atoms with E-state index in [-0.39, 0.29) is 16.2 Å². The zero-order chi connectivity index (χ0) is 91.8. The molecule has 0 spiro atoms. The van der Waals surface area contributed by atoms with Crippen molar-refractivity contribution in [2.45, 2.75) is 57.8 Å². The van der Waals surface area contributed by atoms with Crippen LogP contribution in [0.1, 0.15) is 74.9 Å². The van der Waals surface area contributed by atoms with Gasteiger partial charge in [0, 0.05) is 94.1 Å². The van der Waals surface area contributed by atoms with E-state index in [0.29, 0.717) is 0 Å². The third kappa shape index (κ3) is 13.8. The SMILES string of the molecule is CC1(C)c2ccc(N(c3ccc(-c4ccccc4)cc3)c3ccc(-c4ccccc4)cc3)cc2-c2ccc3oc4ccccc4c3c21.CC1(C)c2ccc(N(c3ccccc3)c3ccc(-c4ccc5ccccc5c4)cc3)cc2-c2ccc3oc4ccccc4c3c21.CC1(C)c2ccccc2-c2ccc3oc4c(N(c5ccccc5)c5ccc(-c6ccc7ccccc7c6)cc5)cccc4c3c21. The molecule has 137 heavy (non-hydrogen) atoms. The van der Waals surface area contributed by atoms with E-state index < -0.39 is 0 Å². The Bertz CT molecular complexity index is 8750. The lowest BCUT2D eigenvalue weighted by Crippen LogP contribution is -2.16. The Labute approximate surface area is 797 Å². The largest absolute Gasteiger partial charge is 0.456 e. The predicted octanol–water partition coefficient (Wildman–Crippen LogP) is 37.1. The van der Waals surface area contributed by atoms with Crippen LogP contribution in [-0.2, 0) is 16.2 Å². The van der Waals surface area contributed by atoms with E-state index in [1.54, 1.807) is 0 Å². The predicted molar refractivity (Wildman–Crippen MR) is 575 cm³/mol. The van der Waals surface area contributed by atoms with Crippen LogP contribution >= 0.6 is 0 Å². The van der Waals surface area contributed by atoms with Gasteiger partial charge in [-0.1, -0.05) is 363 Å². The Morgan fingerprint density at radius 3 is 0.927 bits per heavy atom. The molecular formula is C131H95N3O3. The second-order valence-corrected chi connectivity index (χ2v) is 38.1. The van der Waals surface area contributed by atoms with E-state index >= 15 is 0 Å². The first-order valence-corrected chi connectivity index (χ1v) is 47.5. The fraction of sp³-hybridized carbons (Fsp3) is 0.0687. The van der Waals surface area contributed by atoms with Crippen molar-refractivity contribution >= 4 is 139 Å². The van der Waals surface area contributed by atoms with E-state index in [1.807, 2.05) is 12.1 Å². The smallest absolute Gasteiger partial charge is 0.159 e. The molecule has 3 aromatic heterocycles. The average Bonchev–Trinajstić information content (AvgIpc) is 1.55. The fourth-order valence-corrected chi connectivity index (χ4v) is 22.5. The zero-order valence-electron chi connectivity index (χ0n) is 77.0. The fourth-order valence-electron chi connectivity index (χ4n) is 22.5. The summed E-state index contributed by atoms with van der Waals surface area (Å²) < 4.78 is 19.4. The molecule has 0 bridgehead atoms. The van der Waals surface area contributed by atoms with Gasteiger partial charge in [0.2, 0.25) is 0 Å². The summed E-state index contributed by atoms with van der Waals surface area (Å²) in [6.45, 7) is 14.1. The van der Waals surface area contributed by atoms with Crippen molar-refractivity contribution < 1.29 is 13.3 Å². The number of rotatable bonds is 13. The van der Waals surface area contributed by atoms with E-state index in [2.05, 4.69) is 511 Å². The Morgan fingerprint density at radius 1 is 0.175 bits per heavy atom. The quantitative estimate of drug-likeness (QED) is 0.115. The van der Waals surface area contributed by atoms with Crippen molar-refractivity contribution in [3.8, 4) is 77.9 Å². The minimum atomic E-state index is -0.172. The molecule has 24 aromatic rings. The van der Waals surface area contributed by atoms with Crippen molar-refractivity contribution in [2.75, 3.05) is 14.7 Å². The first-order chi connectivity index (χ1) is 67.2.